The lowest BCUT2D eigenvalue weighted by atomic mass is 10.1. The van der Waals surface area contributed by atoms with E-state index < -0.39 is 0 Å². The molecular weight excluding hydrogens is 334 g/mol. The average molecular weight is 359 g/mol. The number of hydrogen-bond donors (Lipinski definition) is 1. The minimum absolute atomic E-state index is 0.0336. The van der Waals surface area contributed by atoms with E-state index in [-0.39, 0.29) is 11.9 Å². The first-order chi connectivity index (χ1) is 12.1. The van der Waals surface area contributed by atoms with Crippen LogP contribution in [0.4, 0.5) is 0 Å². The van der Waals surface area contributed by atoms with E-state index in [1.165, 1.54) is 9.75 Å². The molecule has 6 nitrogen and oxygen atoms in total. The molecule has 25 heavy (non-hydrogen) atoms. The van der Waals surface area contributed by atoms with Crippen molar-refractivity contribution in [1.29, 1.82) is 0 Å². The van der Waals surface area contributed by atoms with Gasteiger partial charge in [-0.25, -0.2) is 4.68 Å². The maximum atomic E-state index is 13.2. The van der Waals surface area contributed by atoms with E-state index in [1.807, 2.05) is 16.5 Å². The number of rotatable bonds is 3. The molecule has 2 fully saturated rings. The van der Waals surface area contributed by atoms with Gasteiger partial charge in [-0.05, 0) is 64.8 Å². The smallest absolute Gasteiger partial charge is 0.276 e. The summed E-state index contributed by atoms with van der Waals surface area (Å²) in [6.45, 7) is 6.90. The number of piperidine rings is 1. The van der Waals surface area contributed by atoms with E-state index in [1.54, 1.807) is 11.3 Å². The molecule has 0 aliphatic carbocycles. The third-order valence-corrected chi connectivity index (χ3v) is 6.49. The maximum absolute atomic E-state index is 13.2. The molecule has 0 saturated carbocycles. The third-order valence-electron chi connectivity index (χ3n) is 5.39. The lowest BCUT2D eigenvalue weighted by Crippen LogP contribution is -2.32. The lowest BCUT2D eigenvalue weighted by molar-refractivity contribution is 0.0731. The second kappa shape index (κ2) is 6.88. The Labute approximate surface area is 152 Å². The van der Waals surface area contributed by atoms with Gasteiger partial charge in [0.1, 0.15) is 0 Å². The van der Waals surface area contributed by atoms with Gasteiger partial charge in [0, 0.05) is 16.3 Å². The zero-order chi connectivity index (χ0) is 17.4. The predicted octanol–water partition coefficient (Wildman–Crippen LogP) is 2.86. The molecule has 2 aliphatic heterocycles. The summed E-state index contributed by atoms with van der Waals surface area (Å²) < 4.78 is 1.97. The number of aryl methyl sites for hydroxylation is 1. The molecule has 2 aromatic heterocycles. The van der Waals surface area contributed by atoms with Crippen LogP contribution in [0.5, 0.6) is 0 Å². The summed E-state index contributed by atoms with van der Waals surface area (Å²) in [4.78, 5) is 17.7. The molecule has 1 amide bonds. The number of aromatic nitrogens is 3. The van der Waals surface area contributed by atoms with Gasteiger partial charge in [0.05, 0.1) is 17.8 Å². The van der Waals surface area contributed by atoms with Gasteiger partial charge in [-0.15, -0.1) is 16.4 Å². The van der Waals surface area contributed by atoms with E-state index in [0.717, 1.165) is 51.0 Å². The Hall–Kier alpha value is -1.73. The summed E-state index contributed by atoms with van der Waals surface area (Å²) in [7, 11) is 0. The van der Waals surface area contributed by atoms with Gasteiger partial charge >= 0.3 is 0 Å². The van der Waals surface area contributed by atoms with Crippen molar-refractivity contribution < 1.29 is 4.79 Å². The fourth-order valence-electron chi connectivity index (χ4n) is 4.01. The quantitative estimate of drug-likeness (QED) is 0.915. The Kier molecular flexibility index (Phi) is 4.60. The second-order valence-corrected chi connectivity index (χ2v) is 8.37. The molecule has 0 bridgehead atoms. The summed E-state index contributed by atoms with van der Waals surface area (Å²) in [6, 6.07) is 4.84. The maximum Gasteiger partial charge on any atom is 0.276 e. The van der Waals surface area contributed by atoms with Crippen molar-refractivity contribution in [2.75, 3.05) is 19.6 Å². The molecule has 2 aromatic rings. The van der Waals surface area contributed by atoms with Crippen molar-refractivity contribution in [2.45, 2.75) is 51.6 Å². The first kappa shape index (κ1) is 16.7. The monoisotopic (exact) mass is 359 g/mol. The predicted molar refractivity (Wildman–Crippen MR) is 98.0 cm³/mol. The van der Waals surface area contributed by atoms with Crippen LogP contribution >= 0.6 is 11.3 Å². The molecule has 0 radical (unpaired) electrons. The third kappa shape index (κ3) is 3.11. The largest absolute Gasteiger partial charge is 0.329 e. The molecule has 134 valence electrons. The van der Waals surface area contributed by atoms with Crippen LogP contribution in [-0.4, -0.2) is 45.4 Å². The lowest BCUT2D eigenvalue weighted by Gasteiger charge is -2.24. The number of likely N-dealkylation sites (tertiary alicyclic amines) is 1. The first-order valence-corrected chi connectivity index (χ1v) is 9.96. The molecule has 0 spiro atoms. The van der Waals surface area contributed by atoms with E-state index in [0.29, 0.717) is 11.7 Å². The van der Waals surface area contributed by atoms with Crippen LogP contribution in [0, 0.1) is 13.8 Å². The fraction of sp³-hybridized carbons (Fsp3) is 0.611. The highest BCUT2D eigenvalue weighted by atomic mass is 32.1. The van der Waals surface area contributed by atoms with Crippen molar-refractivity contribution in [3.05, 3.63) is 33.3 Å². The Morgan fingerprint density at radius 2 is 2.04 bits per heavy atom. The van der Waals surface area contributed by atoms with Gasteiger partial charge in [0.2, 0.25) is 0 Å². The molecule has 1 atom stereocenters. The minimum atomic E-state index is 0.0336. The number of carbonyl (C=O) groups is 1. The van der Waals surface area contributed by atoms with E-state index in [4.69, 9.17) is 0 Å². The Balaban J connectivity index is 1.57. The highest BCUT2D eigenvalue weighted by Gasteiger charge is 2.34. The van der Waals surface area contributed by atoms with E-state index in [2.05, 4.69) is 34.7 Å². The van der Waals surface area contributed by atoms with E-state index in [9.17, 15) is 4.79 Å². The summed E-state index contributed by atoms with van der Waals surface area (Å²) in [5.74, 6) is 0.0336. The molecule has 0 aromatic carbocycles. The van der Waals surface area contributed by atoms with Crippen LogP contribution in [0.3, 0.4) is 0 Å². The molecule has 0 unspecified atom stereocenters. The highest BCUT2D eigenvalue weighted by Crippen LogP contribution is 2.36. The van der Waals surface area contributed by atoms with Crippen molar-refractivity contribution >= 4 is 17.2 Å². The normalized spacial score (nSPS) is 21.8. The van der Waals surface area contributed by atoms with E-state index >= 15 is 0 Å². The summed E-state index contributed by atoms with van der Waals surface area (Å²) in [5.41, 5.74) is 1.43. The van der Waals surface area contributed by atoms with Crippen LogP contribution in [0.25, 0.3) is 0 Å². The topological polar surface area (TPSA) is 63.1 Å². The van der Waals surface area contributed by atoms with Crippen molar-refractivity contribution in [3.8, 4) is 0 Å². The Bertz CT molecular complexity index is 761. The van der Waals surface area contributed by atoms with Gasteiger partial charge in [0.25, 0.3) is 5.91 Å². The van der Waals surface area contributed by atoms with Crippen molar-refractivity contribution in [3.63, 3.8) is 0 Å². The summed E-state index contributed by atoms with van der Waals surface area (Å²) >= 11 is 1.79. The van der Waals surface area contributed by atoms with Gasteiger partial charge in [-0.2, -0.15) is 0 Å². The number of amides is 1. The Morgan fingerprint density at radius 3 is 2.76 bits per heavy atom. The van der Waals surface area contributed by atoms with Crippen molar-refractivity contribution in [1.82, 2.24) is 25.2 Å². The van der Waals surface area contributed by atoms with Gasteiger partial charge < -0.3 is 10.2 Å². The standard InChI is InChI=1S/C18H25N5OS/c1-12-5-6-16(25-12)15-4-3-11-22(15)18(24)17-13(2)23(21-20-17)14-7-9-19-10-8-14/h5-6,14-15,19H,3-4,7-11H2,1-2H3/t15-/m0/s1. The zero-order valence-electron chi connectivity index (χ0n) is 14.9. The first-order valence-electron chi connectivity index (χ1n) is 9.15. The van der Waals surface area contributed by atoms with Crippen LogP contribution in [0.1, 0.15) is 63.7 Å². The van der Waals surface area contributed by atoms with Gasteiger partial charge in [0.15, 0.2) is 5.69 Å². The molecule has 2 aliphatic rings. The number of nitrogens with one attached hydrogen (secondary N) is 1. The van der Waals surface area contributed by atoms with Gasteiger partial charge in [-0.3, -0.25) is 4.79 Å². The number of carbonyl (C=O) groups excluding carboxylic acids is 1. The SMILES string of the molecule is Cc1ccc([C@@H]2CCCN2C(=O)c2nnn(C3CCNCC3)c2C)s1. The molecule has 1 N–H and O–H groups in total. The Morgan fingerprint density at radius 1 is 1.24 bits per heavy atom. The minimum Gasteiger partial charge on any atom is -0.329 e. The molecule has 4 heterocycles. The fourth-order valence-corrected chi connectivity index (χ4v) is 5.04. The van der Waals surface area contributed by atoms with Crippen LogP contribution in [-0.2, 0) is 0 Å². The van der Waals surface area contributed by atoms with Crippen molar-refractivity contribution in [2.24, 2.45) is 0 Å². The van der Waals surface area contributed by atoms with Crippen LogP contribution < -0.4 is 5.32 Å². The molecule has 2 saturated heterocycles. The number of hydrogen-bond acceptors (Lipinski definition) is 5. The van der Waals surface area contributed by atoms with Crippen LogP contribution in [0.2, 0.25) is 0 Å². The summed E-state index contributed by atoms with van der Waals surface area (Å²) in [6.07, 6.45) is 4.17. The molecular formula is C18H25N5OS. The number of thiophene rings is 1. The zero-order valence-corrected chi connectivity index (χ0v) is 15.7. The second-order valence-electron chi connectivity index (χ2n) is 7.05. The van der Waals surface area contributed by atoms with Crippen LogP contribution in [0.15, 0.2) is 12.1 Å². The highest BCUT2D eigenvalue weighted by molar-refractivity contribution is 7.12. The summed E-state index contributed by atoms with van der Waals surface area (Å²) in [5, 5.41) is 12.0. The average Bonchev–Trinajstić information content (AvgIpc) is 3.34. The number of nitrogens with zero attached hydrogens (tertiary/aromatic N) is 4. The molecule has 4 rings (SSSR count). The molecule has 7 heteroatoms. The van der Waals surface area contributed by atoms with Gasteiger partial charge in [-0.1, -0.05) is 5.21 Å².